The van der Waals surface area contributed by atoms with E-state index in [-0.39, 0.29) is 5.91 Å². The largest absolute Gasteiger partial charge is 0.448 e. The van der Waals surface area contributed by atoms with Crippen LogP contribution < -0.4 is 4.90 Å². The first-order valence-corrected chi connectivity index (χ1v) is 8.53. The van der Waals surface area contributed by atoms with Gasteiger partial charge in [0.05, 0.1) is 0 Å². The van der Waals surface area contributed by atoms with E-state index in [9.17, 15) is 9.59 Å². The Bertz CT molecular complexity index is 702. The Morgan fingerprint density at radius 1 is 1.22 bits per heavy atom. The first-order valence-electron chi connectivity index (χ1n) is 7.71. The van der Waals surface area contributed by atoms with Crippen molar-refractivity contribution in [2.75, 3.05) is 11.9 Å². The number of likely N-dealkylation sites (N-methyl/N-ethyl adjacent to an activating group) is 1. The van der Waals surface area contributed by atoms with Crippen molar-refractivity contribution in [1.82, 2.24) is 0 Å². The molecule has 0 bridgehead atoms. The van der Waals surface area contributed by atoms with Gasteiger partial charge in [0, 0.05) is 17.6 Å². The fourth-order valence-corrected chi connectivity index (χ4v) is 3.89. The van der Waals surface area contributed by atoms with Crippen LogP contribution in [0.1, 0.15) is 33.5 Å². The second-order valence-electron chi connectivity index (χ2n) is 5.69. The average Bonchev–Trinajstić information content (AvgIpc) is 3.15. The number of hydrogen-bond donors (Lipinski definition) is 0. The number of hydrogen-bond acceptors (Lipinski definition) is 4. The molecule has 0 unspecified atom stereocenters. The zero-order chi connectivity index (χ0) is 16.4. The smallest absolute Gasteiger partial charge is 0.349 e. The Labute approximate surface area is 139 Å². The van der Waals surface area contributed by atoms with Gasteiger partial charge in [0.2, 0.25) is 0 Å². The molecule has 1 aliphatic rings. The predicted molar refractivity (Wildman–Crippen MR) is 91.1 cm³/mol. The summed E-state index contributed by atoms with van der Waals surface area (Å²) < 4.78 is 5.36. The number of thiophene rings is 1. The van der Waals surface area contributed by atoms with Crippen LogP contribution in [0.4, 0.5) is 5.69 Å². The lowest BCUT2D eigenvalue weighted by Crippen LogP contribution is -2.37. The monoisotopic (exact) mass is 329 g/mol. The van der Waals surface area contributed by atoms with Crippen LogP contribution in [0.25, 0.3) is 0 Å². The van der Waals surface area contributed by atoms with Crippen LogP contribution in [0.5, 0.6) is 0 Å². The molecule has 23 heavy (non-hydrogen) atoms. The summed E-state index contributed by atoms with van der Waals surface area (Å²) in [6, 6.07) is 11.2. The lowest BCUT2D eigenvalue weighted by molar-refractivity contribution is -0.126. The van der Waals surface area contributed by atoms with Crippen molar-refractivity contribution in [3.05, 3.63) is 51.7 Å². The molecule has 3 rings (SSSR count). The van der Waals surface area contributed by atoms with Gasteiger partial charge in [-0.2, -0.15) is 0 Å². The summed E-state index contributed by atoms with van der Waals surface area (Å²) in [5.74, 6) is -0.652. The average molecular weight is 329 g/mol. The van der Waals surface area contributed by atoms with E-state index in [1.54, 1.807) is 14.0 Å². The summed E-state index contributed by atoms with van der Waals surface area (Å²) in [5.41, 5.74) is 2.03. The lowest BCUT2D eigenvalue weighted by atomic mass is 10.2. The molecule has 1 atom stereocenters. The van der Waals surface area contributed by atoms with Gasteiger partial charge in [0.25, 0.3) is 5.91 Å². The number of rotatable bonds is 4. The Kier molecular flexibility index (Phi) is 4.48. The molecule has 120 valence electrons. The highest BCUT2D eigenvalue weighted by molar-refractivity contribution is 7.14. The number of aryl methyl sites for hydroxylation is 2. The maximum atomic E-state index is 12.4. The molecule has 5 heteroatoms. The van der Waals surface area contributed by atoms with Crippen LogP contribution in [0.2, 0.25) is 0 Å². The molecule has 1 aromatic carbocycles. The van der Waals surface area contributed by atoms with E-state index in [2.05, 4.69) is 0 Å². The van der Waals surface area contributed by atoms with Crippen molar-refractivity contribution in [2.24, 2.45) is 0 Å². The fraction of sp³-hybridized carbons (Fsp3) is 0.333. The number of fused-ring (bicyclic) bond motifs is 1. The SMILES string of the molecule is C[C@H](OC(=O)c1cc2c(s1)CCC2)C(=O)N(C)c1ccccc1. The number of carbonyl (C=O) groups excluding carboxylic acids is 2. The summed E-state index contributed by atoms with van der Waals surface area (Å²) in [6.07, 6.45) is 2.42. The molecule has 2 aromatic rings. The number of benzene rings is 1. The van der Waals surface area contributed by atoms with Crippen LogP contribution in [-0.2, 0) is 22.4 Å². The molecule has 1 amide bonds. The maximum Gasteiger partial charge on any atom is 0.349 e. The van der Waals surface area contributed by atoms with Gasteiger partial charge < -0.3 is 9.64 Å². The van der Waals surface area contributed by atoms with Gasteiger partial charge in [-0.15, -0.1) is 11.3 Å². The molecule has 0 aliphatic heterocycles. The van der Waals surface area contributed by atoms with Crippen molar-refractivity contribution in [2.45, 2.75) is 32.3 Å². The molecule has 0 saturated carbocycles. The standard InChI is InChI=1S/C18H19NO3S/c1-12(17(20)19(2)14-8-4-3-5-9-14)22-18(21)16-11-13-7-6-10-15(13)23-16/h3-5,8-9,11-12H,6-7,10H2,1-2H3/t12-/m0/s1. The van der Waals surface area contributed by atoms with E-state index in [4.69, 9.17) is 4.74 Å². The number of para-hydroxylation sites is 1. The molecule has 0 N–H and O–H groups in total. The molecule has 1 aliphatic carbocycles. The zero-order valence-electron chi connectivity index (χ0n) is 13.2. The van der Waals surface area contributed by atoms with Crippen molar-refractivity contribution in [1.29, 1.82) is 0 Å². The molecule has 0 radical (unpaired) electrons. The third-order valence-corrected chi connectivity index (χ3v) is 5.27. The number of carbonyl (C=O) groups is 2. The van der Waals surface area contributed by atoms with E-state index >= 15 is 0 Å². The van der Waals surface area contributed by atoms with Gasteiger partial charge in [-0.05, 0) is 49.9 Å². The molecule has 4 nitrogen and oxygen atoms in total. The molecule has 1 heterocycles. The first-order chi connectivity index (χ1) is 11.1. The van der Waals surface area contributed by atoms with E-state index in [1.807, 2.05) is 36.4 Å². The molecular formula is C18H19NO3S. The maximum absolute atomic E-state index is 12.4. The minimum Gasteiger partial charge on any atom is -0.448 e. The number of amides is 1. The van der Waals surface area contributed by atoms with Crippen LogP contribution in [-0.4, -0.2) is 25.0 Å². The summed E-state index contributed by atoms with van der Waals surface area (Å²) in [4.78, 5) is 28.0. The molecular weight excluding hydrogens is 310 g/mol. The molecule has 0 fully saturated rings. The molecule has 0 spiro atoms. The lowest BCUT2D eigenvalue weighted by Gasteiger charge is -2.21. The summed E-state index contributed by atoms with van der Waals surface area (Å²) in [6.45, 7) is 1.61. The summed E-state index contributed by atoms with van der Waals surface area (Å²) in [7, 11) is 1.68. The van der Waals surface area contributed by atoms with Crippen LogP contribution in [0.15, 0.2) is 36.4 Å². The Balaban J connectivity index is 1.64. The van der Waals surface area contributed by atoms with Crippen LogP contribution >= 0.6 is 11.3 Å². The number of anilines is 1. The summed E-state index contributed by atoms with van der Waals surface area (Å²) >= 11 is 1.49. The predicted octanol–water partition coefficient (Wildman–Crippen LogP) is 3.45. The third-order valence-electron chi connectivity index (χ3n) is 4.05. The van der Waals surface area contributed by atoms with E-state index in [0.29, 0.717) is 4.88 Å². The topological polar surface area (TPSA) is 46.6 Å². The Morgan fingerprint density at radius 2 is 1.96 bits per heavy atom. The minimum atomic E-state index is -0.815. The highest BCUT2D eigenvalue weighted by Crippen LogP contribution is 2.31. The fourth-order valence-electron chi connectivity index (χ4n) is 2.75. The number of nitrogens with zero attached hydrogens (tertiary/aromatic N) is 1. The Morgan fingerprint density at radius 3 is 2.65 bits per heavy atom. The minimum absolute atomic E-state index is 0.242. The second kappa shape index (κ2) is 6.54. The second-order valence-corrected chi connectivity index (χ2v) is 6.83. The van der Waals surface area contributed by atoms with Crippen molar-refractivity contribution < 1.29 is 14.3 Å². The quantitative estimate of drug-likeness (QED) is 0.807. The summed E-state index contributed by atoms with van der Waals surface area (Å²) in [5, 5.41) is 0. The first kappa shape index (κ1) is 15.7. The van der Waals surface area contributed by atoms with E-state index in [0.717, 1.165) is 24.9 Å². The normalized spacial score (nSPS) is 14.2. The van der Waals surface area contributed by atoms with Gasteiger partial charge in [-0.3, -0.25) is 4.79 Å². The van der Waals surface area contributed by atoms with E-state index < -0.39 is 12.1 Å². The van der Waals surface area contributed by atoms with Gasteiger partial charge in [0.1, 0.15) is 4.88 Å². The number of esters is 1. The molecule has 1 aromatic heterocycles. The molecule has 0 saturated heterocycles. The van der Waals surface area contributed by atoms with Crippen molar-refractivity contribution in [3.8, 4) is 0 Å². The van der Waals surface area contributed by atoms with E-state index in [1.165, 1.54) is 26.7 Å². The third kappa shape index (κ3) is 3.29. The van der Waals surface area contributed by atoms with Gasteiger partial charge >= 0.3 is 5.97 Å². The van der Waals surface area contributed by atoms with Crippen molar-refractivity contribution in [3.63, 3.8) is 0 Å². The highest BCUT2D eigenvalue weighted by Gasteiger charge is 2.25. The van der Waals surface area contributed by atoms with Gasteiger partial charge in [-0.25, -0.2) is 4.79 Å². The van der Waals surface area contributed by atoms with Gasteiger partial charge in [0.15, 0.2) is 6.10 Å². The number of ether oxygens (including phenoxy) is 1. The van der Waals surface area contributed by atoms with Crippen molar-refractivity contribution >= 4 is 28.9 Å². The zero-order valence-corrected chi connectivity index (χ0v) is 14.1. The van der Waals surface area contributed by atoms with Gasteiger partial charge in [-0.1, -0.05) is 18.2 Å². The highest BCUT2D eigenvalue weighted by atomic mass is 32.1. The Hall–Kier alpha value is -2.14. The van der Waals surface area contributed by atoms with Crippen LogP contribution in [0.3, 0.4) is 0 Å². The van der Waals surface area contributed by atoms with Crippen LogP contribution in [0, 0.1) is 0 Å².